The van der Waals surface area contributed by atoms with Crippen LogP contribution in [-0.4, -0.2) is 37.5 Å². The lowest BCUT2D eigenvalue weighted by atomic mass is 10.4. The van der Waals surface area contributed by atoms with Crippen molar-refractivity contribution < 1.29 is 13.5 Å². The highest BCUT2D eigenvalue weighted by molar-refractivity contribution is 9.10. The van der Waals surface area contributed by atoms with Gasteiger partial charge in [-0.3, -0.25) is 0 Å². The molecule has 0 fully saturated rings. The first-order valence-electron chi connectivity index (χ1n) is 5.49. The Morgan fingerprint density at radius 3 is 2.56 bits per heavy atom. The van der Waals surface area contributed by atoms with E-state index in [0.29, 0.717) is 13.0 Å². The van der Waals surface area contributed by atoms with Crippen molar-refractivity contribution in [3.63, 3.8) is 0 Å². The van der Waals surface area contributed by atoms with E-state index in [2.05, 4.69) is 15.9 Å². The van der Waals surface area contributed by atoms with E-state index in [1.165, 1.54) is 16.4 Å². The molecule has 102 valence electrons. The molecule has 0 aliphatic rings. The Bertz CT molecular complexity index is 501. The minimum Gasteiger partial charge on any atom is -0.395 e. The number of sulfonamides is 1. The number of hydrogen-bond donors (Lipinski definition) is 1. The van der Waals surface area contributed by atoms with Crippen molar-refractivity contribution in [3.8, 4) is 0 Å². The van der Waals surface area contributed by atoms with Crippen molar-refractivity contribution in [2.45, 2.75) is 18.2 Å². The maximum absolute atomic E-state index is 12.4. The molecule has 7 heteroatoms. The molecule has 0 amide bonds. The first kappa shape index (κ1) is 15.9. The second-order valence-electron chi connectivity index (χ2n) is 3.70. The van der Waals surface area contributed by atoms with E-state index in [-0.39, 0.29) is 23.1 Å². The molecule has 0 heterocycles. The van der Waals surface area contributed by atoms with Gasteiger partial charge < -0.3 is 5.11 Å². The Labute approximate surface area is 121 Å². The number of nitrogens with zero attached hydrogens (tertiary/aromatic N) is 1. The second kappa shape index (κ2) is 6.86. The van der Waals surface area contributed by atoms with Crippen LogP contribution in [0.15, 0.2) is 27.6 Å². The lowest BCUT2D eigenvalue weighted by Gasteiger charge is -2.21. The van der Waals surface area contributed by atoms with Crippen molar-refractivity contribution in [3.05, 3.63) is 27.7 Å². The summed E-state index contributed by atoms with van der Waals surface area (Å²) in [5, 5.41) is 9.11. The smallest absolute Gasteiger partial charge is 0.244 e. The summed E-state index contributed by atoms with van der Waals surface area (Å²) in [5.41, 5.74) is 0. The monoisotopic (exact) mass is 355 g/mol. The van der Waals surface area contributed by atoms with Gasteiger partial charge in [0, 0.05) is 17.6 Å². The fourth-order valence-electron chi connectivity index (χ4n) is 1.54. The second-order valence-corrected chi connectivity index (χ2v) is 6.93. The van der Waals surface area contributed by atoms with Gasteiger partial charge in [0.05, 0.1) is 11.6 Å². The zero-order valence-electron chi connectivity index (χ0n) is 9.94. The molecule has 0 spiro atoms. The maximum Gasteiger partial charge on any atom is 0.244 e. The molecule has 0 aliphatic carbocycles. The van der Waals surface area contributed by atoms with Crippen LogP contribution in [0.25, 0.3) is 0 Å². The zero-order valence-corrected chi connectivity index (χ0v) is 13.1. The molecule has 1 aromatic rings. The topological polar surface area (TPSA) is 57.6 Å². The first-order chi connectivity index (χ1) is 8.43. The van der Waals surface area contributed by atoms with Crippen molar-refractivity contribution in [1.29, 1.82) is 0 Å². The molecule has 1 rings (SSSR count). The number of aliphatic hydroxyl groups is 1. The van der Waals surface area contributed by atoms with Gasteiger partial charge in [-0.25, -0.2) is 8.42 Å². The first-order valence-corrected chi connectivity index (χ1v) is 8.10. The molecule has 4 nitrogen and oxygen atoms in total. The lowest BCUT2D eigenvalue weighted by molar-refractivity contribution is 0.253. The van der Waals surface area contributed by atoms with Gasteiger partial charge in [0.25, 0.3) is 0 Å². The van der Waals surface area contributed by atoms with Crippen LogP contribution in [-0.2, 0) is 10.0 Å². The van der Waals surface area contributed by atoms with Crippen molar-refractivity contribution in [2.24, 2.45) is 0 Å². The van der Waals surface area contributed by atoms with Gasteiger partial charge in [-0.1, -0.05) is 34.5 Å². The predicted octanol–water partition coefficient (Wildman–Crippen LogP) is 2.50. The van der Waals surface area contributed by atoms with Crippen LogP contribution in [0.4, 0.5) is 0 Å². The van der Waals surface area contributed by atoms with Gasteiger partial charge in [-0.05, 0) is 24.6 Å². The number of hydrogen-bond acceptors (Lipinski definition) is 3. The molecular formula is C11H15BrClNO3S. The van der Waals surface area contributed by atoms with Crippen LogP contribution >= 0.6 is 27.5 Å². The average Bonchev–Trinajstić information content (AvgIpc) is 2.28. The summed E-state index contributed by atoms with van der Waals surface area (Å²) in [6.45, 7) is 2.09. The van der Waals surface area contributed by atoms with E-state index in [1.54, 1.807) is 6.07 Å². The largest absolute Gasteiger partial charge is 0.395 e. The van der Waals surface area contributed by atoms with Gasteiger partial charge in [0.15, 0.2) is 0 Å². The number of halogens is 2. The van der Waals surface area contributed by atoms with E-state index < -0.39 is 10.0 Å². The number of rotatable bonds is 6. The van der Waals surface area contributed by atoms with Crippen LogP contribution in [0, 0.1) is 0 Å². The Balaban J connectivity index is 3.17. The maximum atomic E-state index is 12.4. The van der Waals surface area contributed by atoms with E-state index >= 15 is 0 Å². The fourth-order valence-corrected chi connectivity index (χ4v) is 4.07. The van der Waals surface area contributed by atoms with Gasteiger partial charge in [0.1, 0.15) is 4.90 Å². The van der Waals surface area contributed by atoms with Crippen molar-refractivity contribution >= 4 is 37.6 Å². The normalized spacial score (nSPS) is 12.1. The fraction of sp³-hybridized carbons (Fsp3) is 0.455. The lowest BCUT2D eigenvalue weighted by Crippen LogP contribution is -2.34. The molecule has 0 saturated carbocycles. The van der Waals surface area contributed by atoms with Crippen LogP contribution in [0.1, 0.15) is 13.3 Å². The van der Waals surface area contributed by atoms with Crippen LogP contribution < -0.4 is 0 Å². The molecule has 0 saturated heterocycles. The molecule has 0 atom stereocenters. The minimum atomic E-state index is -3.65. The molecule has 18 heavy (non-hydrogen) atoms. The molecule has 1 N–H and O–H groups in total. The third-order valence-corrected chi connectivity index (χ3v) is 5.21. The third kappa shape index (κ3) is 3.68. The Morgan fingerprint density at radius 1 is 1.39 bits per heavy atom. The van der Waals surface area contributed by atoms with Gasteiger partial charge >= 0.3 is 0 Å². The third-order valence-electron chi connectivity index (χ3n) is 2.33. The zero-order chi connectivity index (χ0) is 13.8. The predicted molar refractivity (Wildman–Crippen MR) is 75.3 cm³/mol. The van der Waals surface area contributed by atoms with Gasteiger partial charge in [-0.15, -0.1) is 0 Å². The molecular weight excluding hydrogens is 342 g/mol. The van der Waals surface area contributed by atoms with Gasteiger partial charge in [-0.2, -0.15) is 4.31 Å². The Kier molecular flexibility index (Phi) is 6.07. The summed E-state index contributed by atoms with van der Waals surface area (Å²) in [6, 6.07) is 4.63. The van der Waals surface area contributed by atoms with Crippen LogP contribution in [0.3, 0.4) is 0 Å². The van der Waals surface area contributed by atoms with E-state index in [0.717, 1.165) is 4.47 Å². The van der Waals surface area contributed by atoms with E-state index in [4.69, 9.17) is 16.7 Å². The summed E-state index contributed by atoms with van der Waals surface area (Å²) in [7, 11) is -3.65. The molecule has 0 aromatic heterocycles. The van der Waals surface area contributed by atoms with E-state index in [9.17, 15) is 8.42 Å². The molecule has 0 radical (unpaired) electrons. The summed E-state index contributed by atoms with van der Waals surface area (Å²) >= 11 is 9.19. The van der Waals surface area contributed by atoms with Crippen molar-refractivity contribution in [2.75, 3.05) is 19.7 Å². The summed E-state index contributed by atoms with van der Waals surface area (Å²) < 4.78 is 26.7. The van der Waals surface area contributed by atoms with E-state index in [1.807, 2.05) is 6.92 Å². The summed E-state index contributed by atoms with van der Waals surface area (Å²) in [6.07, 6.45) is 0.674. The standard InChI is InChI=1S/C11H15BrClNO3S/c1-2-5-14(6-7-15)18(16,17)11-4-3-9(12)8-10(11)13/h3-4,8,15H,2,5-7H2,1H3. The average molecular weight is 357 g/mol. The summed E-state index contributed by atoms with van der Waals surface area (Å²) in [4.78, 5) is 0.0641. The molecule has 1 aromatic carbocycles. The highest BCUT2D eigenvalue weighted by Crippen LogP contribution is 2.27. The molecule has 0 unspecified atom stereocenters. The Hall–Kier alpha value is -0.140. The highest BCUT2D eigenvalue weighted by Gasteiger charge is 2.25. The quantitative estimate of drug-likeness (QED) is 0.852. The van der Waals surface area contributed by atoms with Crippen molar-refractivity contribution in [1.82, 2.24) is 4.31 Å². The van der Waals surface area contributed by atoms with Crippen LogP contribution in [0.5, 0.6) is 0 Å². The number of aliphatic hydroxyl groups excluding tert-OH is 1. The summed E-state index contributed by atoms with van der Waals surface area (Å²) in [5.74, 6) is 0. The highest BCUT2D eigenvalue weighted by atomic mass is 79.9. The Morgan fingerprint density at radius 2 is 2.06 bits per heavy atom. The van der Waals surface area contributed by atoms with Crippen LogP contribution in [0.2, 0.25) is 5.02 Å². The SMILES string of the molecule is CCCN(CCO)S(=O)(=O)c1ccc(Br)cc1Cl. The molecule has 0 aliphatic heterocycles. The molecule has 0 bridgehead atoms. The minimum absolute atomic E-state index is 0.0641. The number of benzene rings is 1. The van der Waals surface area contributed by atoms with Gasteiger partial charge in [0.2, 0.25) is 10.0 Å².